The number of hydrogen-bond donors (Lipinski definition) is 1. The van der Waals surface area contributed by atoms with Gasteiger partial charge in [0.1, 0.15) is 5.75 Å². The van der Waals surface area contributed by atoms with E-state index < -0.39 is 0 Å². The second kappa shape index (κ2) is 9.45. The minimum Gasteiger partial charge on any atom is -0.493 e. The van der Waals surface area contributed by atoms with Crippen molar-refractivity contribution in [3.8, 4) is 17.2 Å². The summed E-state index contributed by atoms with van der Waals surface area (Å²) in [7, 11) is 3.25. The van der Waals surface area contributed by atoms with Gasteiger partial charge in [0.25, 0.3) is 0 Å². The number of nitrogens with zero attached hydrogens (tertiary/aromatic N) is 1. The molecule has 0 aromatic heterocycles. The normalized spacial score (nSPS) is 10.6. The van der Waals surface area contributed by atoms with Gasteiger partial charge in [-0.05, 0) is 36.2 Å². The molecule has 2 aromatic rings. The van der Waals surface area contributed by atoms with Gasteiger partial charge in [0.15, 0.2) is 11.5 Å². The summed E-state index contributed by atoms with van der Waals surface area (Å²) in [5.41, 5.74) is 5.05. The monoisotopic (exact) mass is 328 g/mol. The molecular weight excluding hydrogens is 304 g/mol. The van der Waals surface area contributed by atoms with Crippen LogP contribution >= 0.6 is 0 Å². The molecular formula is C19H24N2O3. The Kier molecular flexibility index (Phi) is 6.95. The summed E-state index contributed by atoms with van der Waals surface area (Å²) in [5.74, 6) is 2.27. The quantitative estimate of drug-likeness (QED) is 0.564. The molecule has 0 radical (unpaired) electrons. The van der Waals surface area contributed by atoms with Gasteiger partial charge in [-0.3, -0.25) is 0 Å². The lowest BCUT2D eigenvalue weighted by Crippen LogP contribution is -2.06. The minimum atomic E-state index is 0.592. The lowest BCUT2D eigenvalue weighted by atomic mass is 10.2. The molecule has 5 heteroatoms. The number of hydrazone groups is 1. The Balaban J connectivity index is 1.95. The van der Waals surface area contributed by atoms with Gasteiger partial charge in [-0.15, -0.1) is 0 Å². The third kappa shape index (κ3) is 4.91. The highest BCUT2D eigenvalue weighted by Crippen LogP contribution is 2.27. The third-order valence-electron chi connectivity index (χ3n) is 3.41. The summed E-state index contributed by atoms with van der Waals surface area (Å²) in [5, 5.41) is 4.28. The Bertz CT molecular complexity index is 671. The van der Waals surface area contributed by atoms with Crippen LogP contribution in [0.3, 0.4) is 0 Å². The Morgan fingerprint density at radius 3 is 2.54 bits per heavy atom. The van der Waals surface area contributed by atoms with E-state index in [1.54, 1.807) is 20.4 Å². The molecule has 24 heavy (non-hydrogen) atoms. The van der Waals surface area contributed by atoms with E-state index in [-0.39, 0.29) is 0 Å². The second-order valence-electron chi connectivity index (χ2n) is 5.17. The fourth-order valence-corrected chi connectivity index (χ4v) is 2.17. The molecule has 0 atom stereocenters. The molecule has 0 spiro atoms. The van der Waals surface area contributed by atoms with Crippen molar-refractivity contribution in [1.29, 1.82) is 0 Å². The summed E-state index contributed by atoms with van der Waals surface area (Å²) >= 11 is 0. The Hall–Kier alpha value is -2.69. The predicted molar refractivity (Wildman–Crippen MR) is 96.2 cm³/mol. The van der Waals surface area contributed by atoms with Crippen LogP contribution in [0.4, 0.5) is 0 Å². The van der Waals surface area contributed by atoms with Gasteiger partial charge in [-0.1, -0.05) is 25.1 Å². The molecule has 0 bridgehead atoms. The third-order valence-corrected chi connectivity index (χ3v) is 3.41. The highest BCUT2D eigenvalue weighted by molar-refractivity contribution is 5.83. The number of para-hydroxylation sites is 1. The van der Waals surface area contributed by atoms with Gasteiger partial charge < -0.3 is 19.6 Å². The molecule has 2 rings (SSSR count). The van der Waals surface area contributed by atoms with E-state index in [2.05, 4.69) is 17.5 Å². The molecule has 0 heterocycles. The van der Waals surface area contributed by atoms with Crippen LogP contribution in [0.1, 0.15) is 24.5 Å². The molecule has 0 amide bonds. The van der Waals surface area contributed by atoms with Crippen molar-refractivity contribution in [2.45, 2.75) is 19.9 Å². The maximum atomic E-state index is 5.71. The fraction of sp³-hybridized carbons (Fsp3) is 0.316. The highest BCUT2D eigenvalue weighted by atomic mass is 16.5. The van der Waals surface area contributed by atoms with Crippen LogP contribution in [0, 0.1) is 0 Å². The number of hydrogen-bond acceptors (Lipinski definition) is 5. The summed E-state index contributed by atoms with van der Waals surface area (Å²) in [6.07, 6.45) is 2.74. The highest BCUT2D eigenvalue weighted by Gasteiger charge is 2.04. The Labute approximate surface area is 143 Å². The first-order chi connectivity index (χ1) is 11.8. The van der Waals surface area contributed by atoms with Crippen LogP contribution in [-0.2, 0) is 6.54 Å². The maximum Gasteiger partial charge on any atom is 0.161 e. The maximum absolute atomic E-state index is 5.71. The predicted octanol–water partition coefficient (Wildman–Crippen LogP) is 3.62. The number of benzene rings is 2. The summed E-state index contributed by atoms with van der Waals surface area (Å²) < 4.78 is 16.2. The van der Waals surface area contributed by atoms with Gasteiger partial charge in [-0.2, -0.15) is 5.10 Å². The average molecular weight is 328 g/mol. The van der Waals surface area contributed by atoms with Gasteiger partial charge in [-0.25, -0.2) is 0 Å². The number of ether oxygens (including phenoxy) is 3. The van der Waals surface area contributed by atoms with Crippen molar-refractivity contribution in [1.82, 2.24) is 5.43 Å². The van der Waals surface area contributed by atoms with E-state index in [1.165, 1.54) is 0 Å². The molecule has 0 unspecified atom stereocenters. The summed E-state index contributed by atoms with van der Waals surface area (Å²) in [4.78, 5) is 0. The van der Waals surface area contributed by atoms with E-state index in [0.29, 0.717) is 24.7 Å². The van der Waals surface area contributed by atoms with Crippen molar-refractivity contribution >= 4 is 6.21 Å². The van der Waals surface area contributed by atoms with E-state index in [1.807, 2.05) is 42.5 Å². The number of nitrogens with one attached hydrogen (secondary N) is 1. The molecule has 1 N–H and O–H groups in total. The molecule has 0 fully saturated rings. The van der Waals surface area contributed by atoms with Crippen LogP contribution in [0.2, 0.25) is 0 Å². The molecule has 0 aliphatic carbocycles. The molecule has 0 saturated heterocycles. The van der Waals surface area contributed by atoms with Crippen LogP contribution in [0.25, 0.3) is 0 Å². The van der Waals surface area contributed by atoms with Crippen molar-refractivity contribution in [2.24, 2.45) is 5.10 Å². The van der Waals surface area contributed by atoms with Crippen molar-refractivity contribution in [2.75, 3.05) is 20.8 Å². The average Bonchev–Trinajstić information content (AvgIpc) is 2.64. The fourth-order valence-electron chi connectivity index (χ4n) is 2.17. The van der Waals surface area contributed by atoms with Crippen molar-refractivity contribution in [3.63, 3.8) is 0 Å². The van der Waals surface area contributed by atoms with E-state index in [9.17, 15) is 0 Å². The minimum absolute atomic E-state index is 0.592. The molecule has 0 aliphatic rings. The van der Waals surface area contributed by atoms with E-state index in [0.717, 1.165) is 23.3 Å². The first-order valence-electron chi connectivity index (χ1n) is 7.97. The van der Waals surface area contributed by atoms with Crippen LogP contribution < -0.4 is 19.6 Å². The molecule has 0 saturated carbocycles. The lowest BCUT2D eigenvalue weighted by molar-refractivity contribution is 0.317. The first kappa shape index (κ1) is 17.7. The van der Waals surface area contributed by atoms with E-state index >= 15 is 0 Å². The molecule has 128 valence electrons. The molecule has 2 aromatic carbocycles. The zero-order chi connectivity index (χ0) is 17.2. The van der Waals surface area contributed by atoms with Gasteiger partial charge in [0.2, 0.25) is 0 Å². The summed E-state index contributed by atoms with van der Waals surface area (Å²) in [6, 6.07) is 13.6. The largest absolute Gasteiger partial charge is 0.493 e. The Morgan fingerprint density at radius 2 is 1.79 bits per heavy atom. The van der Waals surface area contributed by atoms with Gasteiger partial charge >= 0.3 is 0 Å². The van der Waals surface area contributed by atoms with Crippen molar-refractivity contribution in [3.05, 3.63) is 53.6 Å². The first-order valence-corrected chi connectivity index (χ1v) is 7.97. The Morgan fingerprint density at radius 1 is 1.00 bits per heavy atom. The standard InChI is InChI=1S/C19H24N2O3/c1-4-11-24-17-8-6-5-7-16(17)14-21-20-13-15-9-10-18(22-2)19(12-15)23-3/h5-10,12,14,20H,4,11,13H2,1-3H3/b21-14-. The van der Waals surface area contributed by atoms with Crippen molar-refractivity contribution < 1.29 is 14.2 Å². The molecule has 5 nitrogen and oxygen atoms in total. The van der Waals surface area contributed by atoms with Crippen LogP contribution in [-0.4, -0.2) is 27.0 Å². The van der Waals surface area contributed by atoms with E-state index in [4.69, 9.17) is 14.2 Å². The number of rotatable bonds is 9. The van der Waals surface area contributed by atoms with Gasteiger partial charge in [0.05, 0.1) is 33.6 Å². The van der Waals surface area contributed by atoms with Crippen LogP contribution in [0.15, 0.2) is 47.6 Å². The number of methoxy groups -OCH3 is 2. The van der Waals surface area contributed by atoms with Gasteiger partial charge in [0, 0.05) is 5.56 Å². The molecule has 0 aliphatic heterocycles. The summed E-state index contributed by atoms with van der Waals surface area (Å²) in [6.45, 7) is 3.38. The second-order valence-corrected chi connectivity index (χ2v) is 5.17. The SMILES string of the molecule is CCCOc1ccccc1/C=N\NCc1ccc(OC)c(OC)c1. The zero-order valence-corrected chi connectivity index (χ0v) is 14.4. The smallest absolute Gasteiger partial charge is 0.161 e. The zero-order valence-electron chi connectivity index (χ0n) is 14.4. The lowest BCUT2D eigenvalue weighted by Gasteiger charge is -2.09. The topological polar surface area (TPSA) is 52.1 Å². The van der Waals surface area contributed by atoms with Crippen LogP contribution in [0.5, 0.6) is 17.2 Å².